The van der Waals surface area contributed by atoms with Crippen LogP contribution in [0.5, 0.6) is 0 Å². The molecule has 0 fully saturated rings. The van der Waals surface area contributed by atoms with Crippen molar-refractivity contribution in [3.63, 3.8) is 0 Å². The molecule has 19 heavy (non-hydrogen) atoms. The molecule has 1 rings (SSSR count). The molecule has 106 valence electrons. The highest BCUT2D eigenvalue weighted by Crippen LogP contribution is 2.08. The van der Waals surface area contributed by atoms with E-state index in [0.29, 0.717) is 24.5 Å². The second kappa shape index (κ2) is 11.7. The van der Waals surface area contributed by atoms with Crippen LogP contribution in [0.4, 0.5) is 0 Å². The van der Waals surface area contributed by atoms with E-state index in [-0.39, 0.29) is 0 Å². The van der Waals surface area contributed by atoms with Crippen molar-refractivity contribution in [1.29, 1.82) is 0 Å². The molecule has 1 heteroatoms. The normalized spacial score (nSPS) is 11.8. The predicted molar refractivity (Wildman–Crippen MR) is 84.3 cm³/mol. The van der Waals surface area contributed by atoms with Gasteiger partial charge in [0.25, 0.3) is 0 Å². The fraction of sp³-hybridized carbons (Fsp3) is 0.500. The maximum atomic E-state index is 11.7. The number of carbonyl (C=O) groups is 1. The Kier molecular flexibility index (Phi) is 10.9. The summed E-state index contributed by atoms with van der Waals surface area (Å²) in [6, 6.07) is 9.91. The molecular formula is C18H28O. The first kappa shape index (κ1) is 17.6. The monoisotopic (exact) mass is 260 g/mol. The minimum Gasteiger partial charge on any atom is -0.299 e. The Morgan fingerprint density at radius 2 is 1.74 bits per heavy atom. The summed E-state index contributed by atoms with van der Waals surface area (Å²) in [5, 5.41) is 0. The van der Waals surface area contributed by atoms with Gasteiger partial charge in [0.1, 0.15) is 5.78 Å². The smallest absolute Gasteiger partial charge is 0.137 e. The van der Waals surface area contributed by atoms with E-state index in [1.54, 1.807) is 0 Å². The molecule has 0 aliphatic rings. The van der Waals surface area contributed by atoms with Gasteiger partial charge in [0, 0.05) is 12.8 Å². The first-order valence-corrected chi connectivity index (χ1v) is 7.32. The number of hydrogen-bond donors (Lipinski definition) is 0. The Balaban J connectivity index is 0.000000711. The largest absolute Gasteiger partial charge is 0.299 e. The molecule has 0 radical (unpaired) electrons. The molecule has 0 aromatic heterocycles. The lowest BCUT2D eigenvalue weighted by atomic mass is 9.99. The number of rotatable bonds is 6. The zero-order valence-electron chi connectivity index (χ0n) is 12.9. The van der Waals surface area contributed by atoms with E-state index in [4.69, 9.17) is 0 Å². The number of unbranched alkanes of at least 4 members (excludes halogenated alkanes) is 1. The van der Waals surface area contributed by atoms with Crippen molar-refractivity contribution in [3.8, 4) is 0 Å². The van der Waals surface area contributed by atoms with Gasteiger partial charge in [0.15, 0.2) is 0 Å². The summed E-state index contributed by atoms with van der Waals surface area (Å²) in [7, 11) is 0. The highest BCUT2D eigenvalue weighted by Gasteiger charge is 2.06. The van der Waals surface area contributed by atoms with Crippen LogP contribution in [0.3, 0.4) is 0 Å². The van der Waals surface area contributed by atoms with Gasteiger partial charge in [-0.3, -0.25) is 4.79 Å². The predicted octanol–water partition coefficient (Wildman–Crippen LogP) is 5.21. The molecule has 0 saturated carbocycles. The summed E-state index contributed by atoms with van der Waals surface area (Å²) in [5.41, 5.74) is 1.11. The van der Waals surface area contributed by atoms with Crippen LogP contribution in [-0.4, -0.2) is 5.78 Å². The minimum atomic E-state index is 0.312. The molecule has 0 aliphatic heterocycles. The van der Waals surface area contributed by atoms with Gasteiger partial charge in [-0.2, -0.15) is 0 Å². The minimum absolute atomic E-state index is 0.312. The van der Waals surface area contributed by atoms with Crippen molar-refractivity contribution in [2.24, 2.45) is 5.92 Å². The van der Waals surface area contributed by atoms with Crippen LogP contribution < -0.4 is 0 Å². The third-order valence-electron chi connectivity index (χ3n) is 2.81. The van der Waals surface area contributed by atoms with E-state index in [1.165, 1.54) is 12.8 Å². The van der Waals surface area contributed by atoms with E-state index >= 15 is 0 Å². The molecule has 1 aromatic rings. The fourth-order valence-electron chi connectivity index (χ4n) is 1.65. The van der Waals surface area contributed by atoms with E-state index < -0.39 is 0 Å². The lowest BCUT2D eigenvalue weighted by molar-refractivity contribution is -0.118. The van der Waals surface area contributed by atoms with Gasteiger partial charge in [-0.05, 0) is 18.4 Å². The van der Waals surface area contributed by atoms with Gasteiger partial charge in [-0.15, -0.1) is 0 Å². The van der Waals surface area contributed by atoms with Gasteiger partial charge in [0.05, 0.1) is 0 Å². The zero-order valence-corrected chi connectivity index (χ0v) is 12.9. The van der Waals surface area contributed by atoms with Gasteiger partial charge < -0.3 is 0 Å². The van der Waals surface area contributed by atoms with E-state index in [1.807, 2.05) is 43.3 Å². The Bertz CT molecular complexity index is 349. The average Bonchev–Trinajstić information content (AvgIpc) is 2.40. The van der Waals surface area contributed by atoms with E-state index in [2.05, 4.69) is 26.8 Å². The maximum absolute atomic E-state index is 11.7. The third kappa shape index (κ3) is 10.3. The van der Waals surface area contributed by atoms with Crippen molar-refractivity contribution in [2.45, 2.75) is 53.4 Å². The summed E-state index contributed by atoms with van der Waals surface area (Å²) >= 11 is 0. The second-order valence-electron chi connectivity index (χ2n) is 4.91. The average molecular weight is 260 g/mol. The highest BCUT2D eigenvalue weighted by atomic mass is 16.1. The number of Topliss-reactive ketones (excluding diaryl/α,β-unsaturated/α-hetero) is 1. The maximum Gasteiger partial charge on any atom is 0.137 e. The Hall–Kier alpha value is -1.37. The Morgan fingerprint density at radius 1 is 1.16 bits per heavy atom. The number of hydrogen-bond acceptors (Lipinski definition) is 1. The van der Waals surface area contributed by atoms with Crippen LogP contribution in [0.15, 0.2) is 42.5 Å². The molecule has 0 heterocycles. The van der Waals surface area contributed by atoms with Crippen molar-refractivity contribution in [3.05, 3.63) is 48.0 Å². The quantitative estimate of drug-likeness (QED) is 0.642. The first-order valence-electron chi connectivity index (χ1n) is 7.32. The van der Waals surface area contributed by atoms with E-state index in [0.717, 1.165) is 5.56 Å². The topological polar surface area (TPSA) is 17.1 Å². The summed E-state index contributed by atoms with van der Waals surface area (Å²) in [4.78, 5) is 11.7. The van der Waals surface area contributed by atoms with Crippen LogP contribution in [0.1, 0.15) is 52.5 Å². The van der Waals surface area contributed by atoms with Crippen LogP contribution in [0.25, 0.3) is 0 Å². The summed E-state index contributed by atoms with van der Waals surface area (Å²) < 4.78 is 0. The van der Waals surface area contributed by atoms with Crippen LogP contribution in [-0.2, 0) is 11.2 Å². The molecule has 0 N–H and O–H groups in total. The van der Waals surface area contributed by atoms with Crippen molar-refractivity contribution in [1.82, 2.24) is 0 Å². The van der Waals surface area contributed by atoms with Gasteiger partial charge in [-0.25, -0.2) is 0 Å². The first-order chi connectivity index (χ1) is 9.13. The molecule has 1 aromatic carbocycles. The lowest BCUT2D eigenvalue weighted by Crippen LogP contribution is -2.06. The molecule has 0 saturated heterocycles. The van der Waals surface area contributed by atoms with Crippen LogP contribution in [0.2, 0.25) is 0 Å². The molecule has 0 aliphatic carbocycles. The molecular weight excluding hydrogens is 232 g/mol. The van der Waals surface area contributed by atoms with E-state index in [9.17, 15) is 4.79 Å². The molecule has 0 amide bonds. The van der Waals surface area contributed by atoms with Gasteiger partial charge in [0.2, 0.25) is 0 Å². The number of ketones is 1. The number of carbonyl (C=O) groups excluding carboxylic acids is 1. The fourth-order valence-corrected chi connectivity index (χ4v) is 1.65. The number of allylic oxidation sites excluding steroid dienone is 2. The van der Waals surface area contributed by atoms with Gasteiger partial charge >= 0.3 is 0 Å². The summed E-state index contributed by atoms with van der Waals surface area (Å²) in [6.07, 6.45) is 7.91. The van der Waals surface area contributed by atoms with Crippen LogP contribution in [0, 0.1) is 5.92 Å². The standard InChI is InChI=1S/C14H18O.C4H10/c1-3-7-12(2)10-14(15)11-13-8-5-4-6-9-13;1-3-4-2/h3-9,12H,10-11H2,1-2H3;3-4H2,1-2H3/b7-3-;. The second-order valence-corrected chi connectivity index (χ2v) is 4.91. The van der Waals surface area contributed by atoms with Crippen molar-refractivity contribution >= 4 is 5.78 Å². The molecule has 0 spiro atoms. The van der Waals surface area contributed by atoms with Crippen molar-refractivity contribution < 1.29 is 4.79 Å². The lowest BCUT2D eigenvalue weighted by Gasteiger charge is -2.05. The molecule has 1 atom stereocenters. The van der Waals surface area contributed by atoms with Gasteiger partial charge in [-0.1, -0.05) is 76.1 Å². The zero-order chi connectivity index (χ0) is 14.5. The molecule has 0 bridgehead atoms. The summed E-state index contributed by atoms with van der Waals surface area (Å²) in [5.74, 6) is 0.665. The van der Waals surface area contributed by atoms with Crippen molar-refractivity contribution in [2.75, 3.05) is 0 Å². The molecule has 1 nitrogen and oxygen atoms in total. The Labute approximate surface area is 118 Å². The SMILES string of the molecule is C/C=C\C(C)CC(=O)Cc1ccccc1.CCCC. The third-order valence-corrected chi connectivity index (χ3v) is 2.81. The van der Waals surface area contributed by atoms with Crippen LogP contribution >= 0.6 is 0 Å². The highest BCUT2D eigenvalue weighted by molar-refractivity contribution is 5.81. The Morgan fingerprint density at radius 3 is 2.21 bits per heavy atom. The summed E-state index contributed by atoms with van der Waals surface area (Å²) in [6.45, 7) is 8.42. The number of benzene rings is 1. The molecule has 1 unspecified atom stereocenters.